The van der Waals surface area contributed by atoms with Gasteiger partial charge in [-0.1, -0.05) is 279 Å². The van der Waals surface area contributed by atoms with E-state index in [1.807, 2.05) is 0 Å². The number of hydrogen-bond donors (Lipinski definition) is 6. The Balaban J connectivity index is 3.83. The van der Waals surface area contributed by atoms with Crippen molar-refractivity contribution in [1.29, 1.82) is 0 Å². The van der Waals surface area contributed by atoms with Gasteiger partial charge in [0, 0.05) is 25.2 Å². The summed E-state index contributed by atoms with van der Waals surface area (Å²) in [6.45, 7) is 11.0. The molecule has 1 rings (SSSR count). The van der Waals surface area contributed by atoms with Crippen molar-refractivity contribution in [2.24, 2.45) is 5.92 Å². The lowest BCUT2D eigenvalue weighted by Gasteiger charge is -2.45. The Morgan fingerprint density at radius 3 is 1.20 bits per heavy atom. The van der Waals surface area contributed by atoms with Gasteiger partial charge < -0.3 is 54.3 Å². The Bertz CT molecular complexity index is 2040. The van der Waals surface area contributed by atoms with E-state index in [0.717, 1.165) is 186 Å². The molecular formula is C75H139N2O18P. The third kappa shape index (κ3) is 48.3. The van der Waals surface area contributed by atoms with Crippen molar-refractivity contribution in [3.05, 3.63) is 0 Å². The Hall–Kier alpha value is -3.52. The van der Waals surface area contributed by atoms with Crippen LogP contribution in [-0.4, -0.2) is 124 Å². The lowest BCUT2D eigenvalue weighted by atomic mass is 9.90. The van der Waals surface area contributed by atoms with Gasteiger partial charge in [0.15, 0.2) is 18.4 Å². The standard InChI is InChI=1S/C75H139N2O18P/c1-7-13-19-25-28-31-34-40-43-49-60(64(79)52-46-37-22-16-10-4)55-70(84)94-73-71(77-67(81)57-62(92-69(83)54-48-39-24-18-12-6)51-45-42-36-33-30-27-21-15-9-3)75(93-65(58-78)72(73)95-96(87,88)89)90-59-63(74(85)86)76-66(80)56-61(91-68(82)53-47-38-23-17-11-5)50-44-41-35-32-29-26-20-14-8-2/h60-63,65,71-73,75,78H,7-59H2,1-6H3,(H,76,80)(H,77,81)(H,85,86)(H2,87,88,89)/t60-,61-,62-,63+,65-,71-,72-,73-,75-/m1/s1. The number of Topliss-reactive ketones (excluding diaryl/α,β-unsaturated/α-hetero) is 1. The molecule has 21 heteroatoms. The Kier molecular flexibility index (Phi) is 56.8. The lowest BCUT2D eigenvalue weighted by molar-refractivity contribution is -0.272. The van der Waals surface area contributed by atoms with Gasteiger partial charge in [-0.15, -0.1) is 0 Å². The van der Waals surface area contributed by atoms with Crippen LogP contribution in [0.4, 0.5) is 0 Å². The number of hydrogen-bond acceptors (Lipinski definition) is 15. The number of aliphatic carboxylic acids is 1. The van der Waals surface area contributed by atoms with Crippen LogP contribution in [0.15, 0.2) is 0 Å². The van der Waals surface area contributed by atoms with Gasteiger partial charge in [-0.2, -0.15) is 0 Å². The number of carbonyl (C=O) groups excluding carboxylic acids is 6. The number of phosphoric ester groups is 1. The molecule has 9 atom stereocenters. The Morgan fingerprint density at radius 1 is 0.448 bits per heavy atom. The monoisotopic (exact) mass is 1390 g/mol. The molecule has 1 aliphatic rings. The summed E-state index contributed by atoms with van der Waals surface area (Å²) in [5, 5.41) is 26.8. The normalized spacial score (nSPS) is 17.7. The third-order valence-corrected chi connectivity index (χ3v) is 19.0. The van der Waals surface area contributed by atoms with E-state index in [0.29, 0.717) is 57.8 Å². The second-order valence-corrected chi connectivity index (χ2v) is 28.7. The molecule has 0 spiro atoms. The van der Waals surface area contributed by atoms with Crippen molar-refractivity contribution in [1.82, 2.24) is 10.6 Å². The third-order valence-electron chi connectivity index (χ3n) is 18.4. The van der Waals surface area contributed by atoms with Crippen LogP contribution < -0.4 is 10.6 Å². The highest BCUT2D eigenvalue weighted by molar-refractivity contribution is 7.46. The van der Waals surface area contributed by atoms with Gasteiger partial charge in [-0.25, -0.2) is 9.36 Å². The maximum absolute atomic E-state index is 14.7. The average Bonchev–Trinajstić information content (AvgIpc) is 0.782. The minimum absolute atomic E-state index is 0.127. The fourth-order valence-electron chi connectivity index (χ4n) is 12.6. The summed E-state index contributed by atoms with van der Waals surface area (Å²) in [5.41, 5.74) is 0. The lowest BCUT2D eigenvalue weighted by Crippen LogP contribution is -2.66. The highest BCUT2D eigenvalue weighted by Crippen LogP contribution is 2.42. The molecule has 0 unspecified atom stereocenters. The van der Waals surface area contributed by atoms with Crippen LogP contribution in [0.25, 0.3) is 0 Å². The molecule has 1 fully saturated rings. The van der Waals surface area contributed by atoms with Gasteiger partial charge in [0.05, 0.1) is 32.5 Å². The molecule has 20 nitrogen and oxygen atoms in total. The van der Waals surface area contributed by atoms with Crippen molar-refractivity contribution in [2.45, 2.75) is 418 Å². The first-order chi connectivity index (χ1) is 46.4. The number of carboxylic acid groups (broad SMARTS) is 1. The van der Waals surface area contributed by atoms with E-state index in [-0.39, 0.29) is 31.5 Å². The molecule has 0 aromatic carbocycles. The van der Waals surface area contributed by atoms with Crippen LogP contribution in [-0.2, 0) is 66.3 Å². The Morgan fingerprint density at radius 2 is 0.812 bits per heavy atom. The molecule has 96 heavy (non-hydrogen) atoms. The molecule has 1 heterocycles. The fraction of sp³-hybridized carbons (Fsp3) is 0.907. The molecule has 0 saturated carbocycles. The summed E-state index contributed by atoms with van der Waals surface area (Å²) in [6.07, 6.45) is 32.6. The maximum atomic E-state index is 14.7. The predicted molar refractivity (Wildman–Crippen MR) is 378 cm³/mol. The number of rotatable bonds is 67. The number of aliphatic hydroxyl groups is 1. The van der Waals surface area contributed by atoms with Crippen LogP contribution in [0.1, 0.15) is 369 Å². The van der Waals surface area contributed by atoms with Gasteiger partial charge in [-0.05, 0) is 51.4 Å². The highest BCUT2D eigenvalue weighted by Gasteiger charge is 2.52. The molecule has 562 valence electrons. The number of unbranched alkanes of at least 4 members (excludes halogenated alkanes) is 36. The fourth-order valence-corrected chi connectivity index (χ4v) is 13.2. The van der Waals surface area contributed by atoms with Crippen LogP contribution in [0.3, 0.4) is 0 Å². The molecule has 0 aromatic rings. The van der Waals surface area contributed by atoms with E-state index in [4.69, 9.17) is 28.2 Å². The first kappa shape index (κ1) is 90.5. The molecule has 1 aliphatic heterocycles. The minimum atomic E-state index is -5.54. The number of aliphatic hydroxyl groups excluding tert-OH is 1. The smallest absolute Gasteiger partial charge is 0.470 e. The van der Waals surface area contributed by atoms with Gasteiger partial charge in [0.2, 0.25) is 11.8 Å². The molecule has 2 amide bonds. The zero-order valence-corrected chi connectivity index (χ0v) is 62.0. The number of carboxylic acids is 1. The largest absolute Gasteiger partial charge is 0.480 e. The minimum Gasteiger partial charge on any atom is -0.480 e. The summed E-state index contributed by atoms with van der Waals surface area (Å²) >= 11 is 0. The van der Waals surface area contributed by atoms with Gasteiger partial charge in [-0.3, -0.25) is 33.3 Å². The zero-order chi connectivity index (χ0) is 70.9. The predicted octanol–water partition coefficient (Wildman–Crippen LogP) is 17.2. The molecule has 1 saturated heterocycles. The number of ether oxygens (including phenoxy) is 5. The van der Waals surface area contributed by atoms with Crippen molar-refractivity contribution < 1.29 is 86.3 Å². The van der Waals surface area contributed by atoms with Gasteiger partial charge in [0.1, 0.15) is 36.2 Å². The molecular weight excluding hydrogens is 1250 g/mol. The van der Waals surface area contributed by atoms with E-state index < -0.39 is 124 Å². The Labute approximate surface area is 580 Å². The number of esters is 3. The van der Waals surface area contributed by atoms with E-state index in [1.165, 1.54) is 44.9 Å². The maximum Gasteiger partial charge on any atom is 0.470 e. The van der Waals surface area contributed by atoms with Crippen LogP contribution in [0, 0.1) is 5.92 Å². The molecule has 0 aromatic heterocycles. The SMILES string of the molecule is CCCCCCCCCCC[C@H](CC(=O)N[C@H]1[C@H](OC[C@H](NC(=O)C[C@@H](CCCCCCCCCCC)OC(=O)CCCCCCC)C(=O)O)O[C@H](CO)[C@@H](OP(=O)(O)O)[C@@H]1OC(=O)C[C@@H](CCCCCCCCCCC)C(=O)CCCCCCC)OC(=O)CCCCCCC. The van der Waals surface area contributed by atoms with Crippen molar-refractivity contribution in [3.8, 4) is 0 Å². The quantitative estimate of drug-likeness (QED) is 0.0143. The summed E-state index contributed by atoms with van der Waals surface area (Å²) in [4.78, 5) is 118. The highest BCUT2D eigenvalue weighted by atomic mass is 31.2. The van der Waals surface area contributed by atoms with Crippen molar-refractivity contribution in [3.63, 3.8) is 0 Å². The summed E-state index contributed by atoms with van der Waals surface area (Å²) < 4.78 is 48.6. The van der Waals surface area contributed by atoms with Crippen LogP contribution in [0.5, 0.6) is 0 Å². The number of phosphoric acid groups is 1. The molecule has 0 bridgehead atoms. The number of amides is 2. The van der Waals surface area contributed by atoms with Gasteiger partial charge >= 0.3 is 31.7 Å². The zero-order valence-electron chi connectivity index (χ0n) is 61.1. The van der Waals surface area contributed by atoms with Crippen molar-refractivity contribution in [2.75, 3.05) is 13.2 Å². The van der Waals surface area contributed by atoms with E-state index in [2.05, 4.69) is 52.2 Å². The van der Waals surface area contributed by atoms with Crippen LogP contribution in [0.2, 0.25) is 0 Å². The number of nitrogens with one attached hydrogen (secondary N) is 2. The second kappa shape index (κ2) is 60.3. The summed E-state index contributed by atoms with van der Waals surface area (Å²) in [7, 11) is -5.54. The average molecular weight is 1390 g/mol. The molecule has 6 N–H and O–H groups in total. The first-order valence-electron chi connectivity index (χ1n) is 38.9. The number of carbonyl (C=O) groups is 7. The topological polar surface area (TPSA) is 297 Å². The van der Waals surface area contributed by atoms with Crippen LogP contribution >= 0.6 is 7.82 Å². The van der Waals surface area contributed by atoms with Crippen molar-refractivity contribution >= 4 is 49.3 Å². The van der Waals surface area contributed by atoms with E-state index in [9.17, 15) is 58.1 Å². The molecule has 0 aliphatic carbocycles. The second-order valence-electron chi connectivity index (χ2n) is 27.5. The van der Waals surface area contributed by atoms with E-state index in [1.54, 1.807) is 0 Å². The van der Waals surface area contributed by atoms with E-state index >= 15 is 0 Å². The van der Waals surface area contributed by atoms with Gasteiger partial charge in [0.25, 0.3) is 0 Å². The molecule has 0 radical (unpaired) electrons. The summed E-state index contributed by atoms with van der Waals surface area (Å²) in [6, 6.07) is -3.56. The number of ketones is 1. The first-order valence-corrected chi connectivity index (χ1v) is 40.4. The summed E-state index contributed by atoms with van der Waals surface area (Å²) in [5.74, 6) is -5.89.